The van der Waals surface area contributed by atoms with Crippen molar-refractivity contribution in [1.82, 2.24) is 14.9 Å². The van der Waals surface area contributed by atoms with Crippen LogP contribution in [0.3, 0.4) is 0 Å². The molecule has 0 aliphatic carbocycles. The number of nitrogens with zero attached hydrogens (tertiary/aromatic N) is 3. The van der Waals surface area contributed by atoms with Gasteiger partial charge >= 0.3 is 0 Å². The molecule has 2 aromatic carbocycles. The number of aryl methyl sites for hydroxylation is 2. The van der Waals surface area contributed by atoms with Crippen molar-refractivity contribution in [3.63, 3.8) is 0 Å². The number of fused-ring (bicyclic) bond motifs is 1. The third-order valence-electron chi connectivity index (χ3n) is 5.38. The summed E-state index contributed by atoms with van der Waals surface area (Å²) in [6, 6.07) is 10.1. The summed E-state index contributed by atoms with van der Waals surface area (Å²) >= 11 is 0. The standard InChI is InChI=1S/C23H27N3O2/c1-16-13-18(14-17(2)22(16)28-12-11-26-9-4-5-10-26)23-24-15-19-20(25-23)7-6-8-21(19)27-3/h6-8,13-15H,4-5,9-12H2,1-3H3. The van der Waals surface area contributed by atoms with Crippen LogP contribution in [0.1, 0.15) is 24.0 Å². The van der Waals surface area contributed by atoms with Crippen LogP contribution in [-0.2, 0) is 0 Å². The van der Waals surface area contributed by atoms with Crippen LogP contribution in [0.4, 0.5) is 0 Å². The number of rotatable bonds is 6. The van der Waals surface area contributed by atoms with Crippen molar-refractivity contribution >= 4 is 10.9 Å². The predicted octanol–water partition coefficient (Wildman–Crippen LogP) is 4.40. The minimum Gasteiger partial charge on any atom is -0.496 e. The van der Waals surface area contributed by atoms with Crippen LogP contribution in [0, 0.1) is 13.8 Å². The number of hydrogen-bond donors (Lipinski definition) is 0. The first-order valence-electron chi connectivity index (χ1n) is 9.92. The van der Waals surface area contributed by atoms with Crippen LogP contribution < -0.4 is 9.47 Å². The maximum absolute atomic E-state index is 6.12. The molecule has 3 aromatic rings. The Morgan fingerprint density at radius 3 is 2.54 bits per heavy atom. The van der Waals surface area contributed by atoms with Crippen LogP contribution in [0.15, 0.2) is 36.5 Å². The Morgan fingerprint density at radius 2 is 1.82 bits per heavy atom. The minimum absolute atomic E-state index is 0.718. The van der Waals surface area contributed by atoms with Crippen molar-refractivity contribution in [3.05, 3.63) is 47.7 Å². The third-order valence-corrected chi connectivity index (χ3v) is 5.38. The van der Waals surface area contributed by atoms with Crippen LogP contribution >= 0.6 is 0 Å². The molecule has 1 fully saturated rings. The van der Waals surface area contributed by atoms with E-state index in [1.54, 1.807) is 7.11 Å². The lowest BCUT2D eigenvalue weighted by Gasteiger charge is -2.18. The summed E-state index contributed by atoms with van der Waals surface area (Å²) in [5.41, 5.74) is 4.12. The van der Waals surface area contributed by atoms with Crippen molar-refractivity contribution in [2.75, 3.05) is 33.4 Å². The summed E-state index contributed by atoms with van der Waals surface area (Å²) in [6.45, 7) is 8.30. The Labute approximate surface area is 166 Å². The van der Waals surface area contributed by atoms with Gasteiger partial charge in [0.05, 0.1) is 18.0 Å². The monoisotopic (exact) mass is 377 g/mol. The van der Waals surface area contributed by atoms with E-state index in [1.165, 1.54) is 25.9 Å². The van der Waals surface area contributed by atoms with Crippen LogP contribution in [0.25, 0.3) is 22.3 Å². The highest BCUT2D eigenvalue weighted by molar-refractivity contribution is 5.85. The average Bonchev–Trinajstić information content (AvgIpc) is 3.22. The molecule has 0 unspecified atom stereocenters. The fraction of sp³-hybridized carbons (Fsp3) is 0.391. The number of likely N-dealkylation sites (tertiary alicyclic amines) is 1. The molecule has 4 rings (SSSR count). The fourth-order valence-electron chi connectivity index (χ4n) is 3.94. The van der Waals surface area contributed by atoms with Gasteiger partial charge in [0.2, 0.25) is 0 Å². The first-order valence-corrected chi connectivity index (χ1v) is 9.92. The van der Waals surface area contributed by atoms with Crippen LogP contribution in [0.5, 0.6) is 11.5 Å². The van der Waals surface area contributed by atoms with Gasteiger partial charge in [-0.25, -0.2) is 9.97 Å². The smallest absolute Gasteiger partial charge is 0.159 e. The zero-order valence-electron chi connectivity index (χ0n) is 16.9. The molecule has 0 amide bonds. The molecule has 1 aromatic heterocycles. The molecule has 0 bridgehead atoms. The normalized spacial score (nSPS) is 14.5. The number of aromatic nitrogens is 2. The molecule has 1 saturated heterocycles. The van der Waals surface area contributed by atoms with Crippen molar-refractivity contribution < 1.29 is 9.47 Å². The Bertz CT molecular complexity index is 958. The molecule has 0 spiro atoms. The van der Waals surface area contributed by atoms with E-state index in [9.17, 15) is 0 Å². The van der Waals surface area contributed by atoms with E-state index in [0.29, 0.717) is 0 Å². The van der Waals surface area contributed by atoms with Crippen molar-refractivity contribution in [2.45, 2.75) is 26.7 Å². The highest BCUT2D eigenvalue weighted by Crippen LogP contribution is 2.30. The molecule has 2 heterocycles. The van der Waals surface area contributed by atoms with Gasteiger partial charge in [-0.05, 0) is 75.2 Å². The quantitative estimate of drug-likeness (QED) is 0.637. The molecular weight excluding hydrogens is 350 g/mol. The number of ether oxygens (including phenoxy) is 2. The highest BCUT2D eigenvalue weighted by Gasteiger charge is 2.14. The van der Waals surface area contributed by atoms with Gasteiger partial charge in [-0.2, -0.15) is 0 Å². The van der Waals surface area contributed by atoms with E-state index >= 15 is 0 Å². The summed E-state index contributed by atoms with van der Waals surface area (Å²) in [5, 5.41) is 0.920. The Morgan fingerprint density at radius 1 is 1.07 bits per heavy atom. The molecule has 28 heavy (non-hydrogen) atoms. The summed E-state index contributed by atoms with van der Waals surface area (Å²) < 4.78 is 11.5. The lowest BCUT2D eigenvalue weighted by Crippen LogP contribution is -2.25. The van der Waals surface area contributed by atoms with E-state index in [2.05, 4.69) is 35.9 Å². The lowest BCUT2D eigenvalue weighted by atomic mass is 10.0. The van der Waals surface area contributed by atoms with Gasteiger partial charge in [-0.3, -0.25) is 4.90 Å². The molecule has 0 saturated carbocycles. The molecule has 0 atom stereocenters. The van der Waals surface area contributed by atoms with Crippen molar-refractivity contribution in [3.8, 4) is 22.9 Å². The van der Waals surface area contributed by atoms with E-state index < -0.39 is 0 Å². The van der Waals surface area contributed by atoms with E-state index in [1.807, 2.05) is 24.4 Å². The van der Waals surface area contributed by atoms with E-state index in [4.69, 9.17) is 14.5 Å². The molecular formula is C23H27N3O2. The predicted molar refractivity (Wildman–Crippen MR) is 112 cm³/mol. The van der Waals surface area contributed by atoms with Gasteiger partial charge in [0.15, 0.2) is 5.82 Å². The molecule has 5 heteroatoms. The number of benzene rings is 2. The Hall–Kier alpha value is -2.66. The van der Waals surface area contributed by atoms with Crippen molar-refractivity contribution in [1.29, 1.82) is 0 Å². The summed E-state index contributed by atoms with van der Waals surface area (Å²) in [4.78, 5) is 11.8. The molecule has 0 radical (unpaired) electrons. The fourth-order valence-corrected chi connectivity index (χ4v) is 3.94. The van der Waals surface area contributed by atoms with Gasteiger partial charge in [0, 0.05) is 18.3 Å². The van der Waals surface area contributed by atoms with Gasteiger partial charge in [-0.1, -0.05) is 6.07 Å². The van der Waals surface area contributed by atoms with Crippen LogP contribution in [0.2, 0.25) is 0 Å². The minimum atomic E-state index is 0.718. The first-order chi connectivity index (χ1) is 13.7. The lowest BCUT2D eigenvalue weighted by molar-refractivity contribution is 0.236. The summed E-state index contributed by atoms with van der Waals surface area (Å²) in [5.74, 6) is 2.49. The van der Waals surface area contributed by atoms with E-state index in [0.717, 1.165) is 58.1 Å². The van der Waals surface area contributed by atoms with E-state index in [-0.39, 0.29) is 0 Å². The van der Waals surface area contributed by atoms with Gasteiger partial charge in [0.25, 0.3) is 0 Å². The second kappa shape index (κ2) is 8.15. The molecule has 1 aliphatic rings. The average molecular weight is 377 g/mol. The topological polar surface area (TPSA) is 47.5 Å². The highest BCUT2D eigenvalue weighted by atomic mass is 16.5. The van der Waals surface area contributed by atoms with Crippen molar-refractivity contribution in [2.24, 2.45) is 0 Å². The van der Waals surface area contributed by atoms with Gasteiger partial charge < -0.3 is 9.47 Å². The second-order valence-electron chi connectivity index (χ2n) is 7.42. The van der Waals surface area contributed by atoms with Gasteiger partial charge in [0.1, 0.15) is 18.1 Å². The summed E-state index contributed by atoms with van der Waals surface area (Å²) in [6.07, 6.45) is 4.45. The molecule has 1 aliphatic heterocycles. The summed E-state index contributed by atoms with van der Waals surface area (Å²) in [7, 11) is 1.66. The SMILES string of the molecule is COc1cccc2nc(-c3cc(C)c(OCCN4CCCC4)c(C)c3)ncc12. The zero-order chi connectivity index (χ0) is 19.5. The largest absolute Gasteiger partial charge is 0.496 e. The Balaban J connectivity index is 1.56. The first kappa shape index (κ1) is 18.7. The van der Waals surface area contributed by atoms with Gasteiger partial charge in [-0.15, -0.1) is 0 Å². The van der Waals surface area contributed by atoms with Crippen LogP contribution in [-0.4, -0.2) is 48.2 Å². The second-order valence-corrected chi connectivity index (χ2v) is 7.42. The molecule has 0 N–H and O–H groups in total. The molecule has 146 valence electrons. The maximum atomic E-state index is 6.12. The molecule has 5 nitrogen and oxygen atoms in total. The number of methoxy groups -OCH3 is 1. The number of hydrogen-bond acceptors (Lipinski definition) is 5. The Kier molecular flexibility index (Phi) is 5.44. The maximum Gasteiger partial charge on any atom is 0.159 e. The third kappa shape index (κ3) is 3.80. The zero-order valence-corrected chi connectivity index (χ0v) is 16.9.